The predicted octanol–water partition coefficient (Wildman–Crippen LogP) is 2.64. The number of rotatable bonds is 9. The van der Waals surface area contributed by atoms with Gasteiger partial charge in [-0.15, -0.1) is 0 Å². The molecule has 180 valence electrons. The summed E-state index contributed by atoms with van der Waals surface area (Å²) in [6.45, 7) is 6.21. The molecule has 1 aliphatic heterocycles. The molecule has 1 atom stereocenters. The van der Waals surface area contributed by atoms with Gasteiger partial charge in [0.15, 0.2) is 0 Å². The van der Waals surface area contributed by atoms with Crippen LogP contribution in [0.1, 0.15) is 40.0 Å². The van der Waals surface area contributed by atoms with Crippen molar-refractivity contribution in [3.8, 4) is 0 Å². The smallest absolute Gasteiger partial charge is 0.407 e. The molecule has 2 rings (SSSR count). The van der Waals surface area contributed by atoms with Crippen LogP contribution in [0.5, 0.6) is 0 Å². The van der Waals surface area contributed by atoms with Crippen LogP contribution in [0.15, 0.2) is 23.1 Å². The molecule has 1 aromatic rings. The van der Waals surface area contributed by atoms with Gasteiger partial charge >= 0.3 is 6.09 Å². The molecule has 0 aliphatic carbocycles. The lowest BCUT2D eigenvalue weighted by Gasteiger charge is -2.31. The van der Waals surface area contributed by atoms with E-state index >= 15 is 0 Å². The number of benzene rings is 1. The molecule has 2 amide bonds. The van der Waals surface area contributed by atoms with E-state index in [0.717, 1.165) is 16.4 Å². The molecular formula is C21H31F2N3O5S. The average Bonchev–Trinajstić information content (AvgIpc) is 2.73. The number of halogens is 2. The molecular weight excluding hydrogens is 444 g/mol. The number of sulfonamides is 1. The highest BCUT2D eigenvalue weighted by molar-refractivity contribution is 7.89. The Balaban J connectivity index is 1.92. The molecule has 1 aromatic carbocycles. The van der Waals surface area contributed by atoms with Crippen LogP contribution in [0.25, 0.3) is 0 Å². The number of piperidine rings is 1. The molecule has 0 saturated carbocycles. The highest BCUT2D eigenvalue weighted by Gasteiger charge is 2.34. The fourth-order valence-corrected chi connectivity index (χ4v) is 5.19. The first kappa shape index (κ1) is 26.0. The summed E-state index contributed by atoms with van der Waals surface area (Å²) >= 11 is 0. The highest BCUT2D eigenvalue weighted by atomic mass is 32.2. The SMILES string of the molecule is CCOC(=O)NC(CNC(=O)C1CCN(S(=O)(=O)c2cc(F)ccc2F)CC1)CC(C)C. The van der Waals surface area contributed by atoms with E-state index in [1.54, 1.807) is 6.92 Å². The molecule has 1 fully saturated rings. The van der Waals surface area contributed by atoms with Crippen LogP contribution in [0, 0.1) is 23.5 Å². The number of hydrogen-bond acceptors (Lipinski definition) is 5. The van der Waals surface area contributed by atoms with Crippen molar-refractivity contribution in [2.75, 3.05) is 26.2 Å². The number of carbonyl (C=O) groups excluding carboxylic acids is 2. The standard InChI is InChI=1S/C21H31F2N3O5S/c1-4-31-21(28)25-17(11-14(2)3)13-24-20(27)15-7-9-26(10-8-15)32(29,30)19-12-16(22)5-6-18(19)23/h5-6,12,14-15,17H,4,7-11,13H2,1-3H3,(H,24,27)(H,25,28). The molecule has 0 radical (unpaired) electrons. The Morgan fingerprint density at radius 3 is 2.47 bits per heavy atom. The van der Waals surface area contributed by atoms with Crippen molar-refractivity contribution in [1.29, 1.82) is 0 Å². The summed E-state index contributed by atoms with van der Waals surface area (Å²) in [5, 5.41) is 5.55. The number of nitrogens with zero attached hydrogens (tertiary/aromatic N) is 1. The topological polar surface area (TPSA) is 105 Å². The van der Waals surface area contributed by atoms with Crippen molar-refractivity contribution in [3.63, 3.8) is 0 Å². The number of hydrogen-bond donors (Lipinski definition) is 2. The van der Waals surface area contributed by atoms with Crippen molar-refractivity contribution in [2.45, 2.75) is 51.0 Å². The molecule has 0 spiro atoms. The van der Waals surface area contributed by atoms with Crippen molar-refractivity contribution in [1.82, 2.24) is 14.9 Å². The molecule has 1 unspecified atom stereocenters. The summed E-state index contributed by atoms with van der Waals surface area (Å²) < 4.78 is 58.7. The second kappa shape index (κ2) is 11.6. The number of ether oxygens (including phenoxy) is 1. The minimum absolute atomic E-state index is 0.0207. The monoisotopic (exact) mass is 475 g/mol. The summed E-state index contributed by atoms with van der Waals surface area (Å²) in [6.07, 6.45) is 0.606. The average molecular weight is 476 g/mol. The van der Waals surface area contributed by atoms with Gasteiger partial charge in [-0.3, -0.25) is 4.79 Å². The quantitative estimate of drug-likeness (QED) is 0.571. The van der Waals surface area contributed by atoms with E-state index in [4.69, 9.17) is 4.74 Å². The van der Waals surface area contributed by atoms with Gasteiger partial charge in [-0.1, -0.05) is 13.8 Å². The molecule has 2 N–H and O–H groups in total. The number of carbonyl (C=O) groups is 2. The van der Waals surface area contributed by atoms with E-state index in [1.807, 2.05) is 13.8 Å². The van der Waals surface area contributed by atoms with Crippen LogP contribution in [0.4, 0.5) is 13.6 Å². The maximum atomic E-state index is 14.0. The van der Waals surface area contributed by atoms with Crippen LogP contribution in [-0.2, 0) is 19.6 Å². The summed E-state index contributed by atoms with van der Waals surface area (Å²) in [5.74, 6) is -2.22. The van der Waals surface area contributed by atoms with Gasteiger partial charge in [0.05, 0.1) is 6.61 Å². The van der Waals surface area contributed by atoms with E-state index in [2.05, 4.69) is 10.6 Å². The molecule has 1 aliphatic rings. The van der Waals surface area contributed by atoms with E-state index in [1.165, 1.54) is 0 Å². The lowest BCUT2D eigenvalue weighted by atomic mass is 9.97. The molecule has 0 bridgehead atoms. The molecule has 1 saturated heterocycles. The van der Waals surface area contributed by atoms with Gasteiger partial charge < -0.3 is 15.4 Å². The summed E-state index contributed by atoms with van der Waals surface area (Å²) in [7, 11) is -4.20. The minimum Gasteiger partial charge on any atom is -0.450 e. The minimum atomic E-state index is -4.20. The highest BCUT2D eigenvalue weighted by Crippen LogP contribution is 2.26. The van der Waals surface area contributed by atoms with Crippen molar-refractivity contribution in [2.24, 2.45) is 11.8 Å². The maximum absolute atomic E-state index is 14.0. The van der Waals surface area contributed by atoms with Gasteiger partial charge in [-0.2, -0.15) is 4.31 Å². The Kier molecular flexibility index (Phi) is 9.38. The first-order valence-electron chi connectivity index (χ1n) is 10.7. The van der Waals surface area contributed by atoms with Gasteiger partial charge in [0, 0.05) is 31.6 Å². The van der Waals surface area contributed by atoms with Crippen LogP contribution < -0.4 is 10.6 Å². The van der Waals surface area contributed by atoms with Crippen molar-refractivity contribution >= 4 is 22.0 Å². The largest absolute Gasteiger partial charge is 0.450 e. The van der Waals surface area contributed by atoms with E-state index in [9.17, 15) is 26.8 Å². The Morgan fingerprint density at radius 1 is 1.22 bits per heavy atom. The Labute approximate surface area is 187 Å². The molecule has 1 heterocycles. The van der Waals surface area contributed by atoms with Gasteiger partial charge in [0.2, 0.25) is 15.9 Å². The first-order valence-corrected chi connectivity index (χ1v) is 12.1. The second-order valence-electron chi connectivity index (χ2n) is 8.19. The number of amides is 2. The molecule has 0 aromatic heterocycles. The van der Waals surface area contributed by atoms with E-state index < -0.39 is 38.6 Å². The number of alkyl carbamates (subject to hydrolysis) is 1. The third kappa shape index (κ3) is 7.13. The lowest BCUT2D eigenvalue weighted by molar-refractivity contribution is -0.126. The zero-order valence-corrected chi connectivity index (χ0v) is 19.4. The molecule has 11 heteroatoms. The van der Waals surface area contributed by atoms with Crippen molar-refractivity contribution < 1.29 is 31.5 Å². The van der Waals surface area contributed by atoms with E-state index in [-0.39, 0.29) is 56.9 Å². The summed E-state index contributed by atoms with van der Waals surface area (Å²) in [6, 6.07) is 2.00. The fourth-order valence-electron chi connectivity index (χ4n) is 3.64. The van der Waals surface area contributed by atoms with Crippen LogP contribution in [0.2, 0.25) is 0 Å². The second-order valence-corrected chi connectivity index (χ2v) is 10.1. The molecule has 32 heavy (non-hydrogen) atoms. The summed E-state index contributed by atoms with van der Waals surface area (Å²) in [5.41, 5.74) is 0. The zero-order chi connectivity index (χ0) is 23.9. The van der Waals surface area contributed by atoms with Crippen LogP contribution in [0.3, 0.4) is 0 Å². The predicted molar refractivity (Wildman–Crippen MR) is 114 cm³/mol. The van der Waals surface area contributed by atoms with Gasteiger partial charge in [0.1, 0.15) is 16.5 Å². The Morgan fingerprint density at radius 2 is 1.88 bits per heavy atom. The fraction of sp³-hybridized carbons (Fsp3) is 0.619. The zero-order valence-electron chi connectivity index (χ0n) is 18.6. The third-order valence-electron chi connectivity index (χ3n) is 5.21. The van der Waals surface area contributed by atoms with E-state index in [0.29, 0.717) is 12.5 Å². The van der Waals surface area contributed by atoms with Gasteiger partial charge in [-0.05, 0) is 50.3 Å². The van der Waals surface area contributed by atoms with Gasteiger partial charge in [-0.25, -0.2) is 22.0 Å². The maximum Gasteiger partial charge on any atom is 0.407 e. The lowest BCUT2D eigenvalue weighted by Crippen LogP contribution is -2.48. The van der Waals surface area contributed by atoms with Crippen LogP contribution in [-0.4, -0.2) is 57.0 Å². The van der Waals surface area contributed by atoms with Crippen molar-refractivity contribution in [3.05, 3.63) is 29.8 Å². The van der Waals surface area contributed by atoms with Crippen LogP contribution >= 0.6 is 0 Å². The van der Waals surface area contributed by atoms with Gasteiger partial charge in [0.25, 0.3) is 0 Å². The summed E-state index contributed by atoms with van der Waals surface area (Å²) in [4.78, 5) is 23.6. The Bertz CT molecular complexity index is 903. The number of nitrogens with one attached hydrogen (secondary N) is 2. The molecule has 8 nitrogen and oxygen atoms in total. The first-order chi connectivity index (χ1) is 15.0. The third-order valence-corrected chi connectivity index (χ3v) is 7.13. The normalized spacial score (nSPS) is 16.6. The Hall–Kier alpha value is -2.27.